The van der Waals surface area contributed by atoms with Crippen LogP contribution in [0.3, 0.4) is 0 Å². The van der Waals surface area contributed by atoms with Crippen molar-refractivity contribution in [3.8, 4) is 0 Å². The van der Waals surface area contributed by atoms with Gasteiger partial charge in [0.15, 0.2) is 0 Å². The molecule has 0 aliphatic rings. The van der Waals surface area contributed by atoms with Crippen molar-refractivity contribution in [2.45, 2.75) is 276 Å². The fraction of sp³-hybridized carbons (Fsp3) is 0.700. The van der Waals surface area contributed by atoms with Gasteiger partial charge in [0.2, 0.25) is 5.91 Å². The first-order valence-electron chi connectivity index (χ1n) is 32.4. The van der Waals surface area contributed by atoms with E-state index in [0.29, 0.717) is 17.4 Å². The fourth-order valence-corrected chi connectivity index (χ4v) is 9.65. The first-order chi connectivity index (χ1) is 38.5. The van der Waals surface area contributed by atoms with Crippen LogP contribution < -0.4 is 5.32 Å². The van der Waals surface area contributed by atoms with Gasteiger partial charge in [-0.1, -0.05) is 289 Å². The number of aliphatic hydroxyl groups is 1. The second kappa shape index (κ2) is 59.5. The molecule has 0 aliphatic carbocycles. The molecule has 8 nitrogen and oxygen atoms in total. The number of carbonyl (C=O) groups excluding carboxylic acids is 1. The molecule has 9 heteroatoms. The fourth-order valence-electron chi connectivity index (χ4n) is 8.92. The summed E-state index contributed by atoms with van der Waals surface area (Å²) in [6.07, 6.45) is 88.8. The minimum Gasteiger partial charge on any atom is -0.387 e. The molecule has 0 saturated carbocycles. The van der Waals surface area contributed by atoms with Gasteiger partial charge in [-0.25, -0.2) is 4.57 Å². The molecule has 1 amide bonds. The van der Waals surface area contributed by atoms with Gasteiger partial charge in [0.05, 0.1) is 39.9 Å². The monoisotopic (exact) mass is 1120 g/mol. The third kappa shape index (κ3) is 62.4. The number of phosphoric acid groups is 1. The standard InChI is InChI=1S/C70H123N2O6P/c1-6-8-10-12-14-16-18-20-22-24-26-28-30-31-32-33-34-35-36-37-38-39-40-41-42-44-46-48-50-52-54-56-58-60-62-64-70(74)71-68(67-78-79(75,76)77-66-65-72(3,4)5)69(73)63-61-59-57-55-53-51-49-47-45-43-29-27-25-23-21-19-17-15-13-11-9-7-2/h8,10,14,16,20,22,26,28,31-32,34-35,37-38,40-41,44,46,61,63,68-69,73H,6-7,9,11-13,15,17-19,21,23-25,27,29-30,33,36,39,42-43,45,47-60,62,64-67H2,1-5H3,(H-,71,74,75,76)/p+1/b10-8-,16-14-,22-20-,28-26-,32-31-,35-34-,38-37-,41-40-,46-44-,63-61+. The largest absolute Gasteiger partial charge is 0.472 e. The summed E-state index contributed by atoms with van der Waals surface area (Å²) in [5, 5.41) is 14.0. The molecule has 3 atom stereocenters. The number of nitrogens with zero attached hydrogens (tertiary/aromatic N) is 1. The lowest BCUT2D eigenvalue weighted by atomic mass is 10.0. The summed E-state index contributed by atoms with van der Waals surface area (Å²) in [5.74, 6) is -0.191. The Bertz CT molecular complexity index is 1700. The highest BCUT2D eigenvalue weighted by Crippen LogP contribution is 2.43. The number of hydrogen-bond donors (Lipinski definition) is 3. The van der Waals surface area contributed by atoms with E-state index >= 15 is 0 Å². The zero-order valence-electron chi connectivity index (χ0n) is 51.8. The average Bonchev–Trinajstić information content (AvgIpc) is 3.42. The van der Waals surface area contributed by atoms with Gasteiger partial charge in [-0.3, -0.25) is 13.8 Å². The van der Waals surface area contributed by atoms with Crippen LogP contribution in [0.2, 0.25) is 0 Å². The second-order valence-electron chi connectivity index (χ2n) is 22.8. The van der Waals surface area contributed by atoms with Gasteiger partial charge >= 0.3 is 7.82 Å². The third-order valence-electron chi connectivity index (χ3n) is 13.9. The van der Waals surface area contributed by atoms with Crippen LogP contribution >= 0.6 is 7.82 Å². The van der Waals surface area contributed by atoms with Gasteiger partial charge in [0, 0.05) is 6.42 Å². The molecule has 3 N–H and O–H groups in total. The summed E-state index contributed by atoms with van der Waals surface area (Å²) in [4.78, 5) is 23.4. The first-order valence-corrected chi connectivity index (χ1v) is 33.9. The predicted molar refractivity (Wildman–Crippen MR) is 345 cm³/mol. The van der Waals surface area contributed by atoms with Crippen molar-refractivity contribution in [3.63, 3.8) is 0 Å². The van der Waals surface area contributed by atoms with Crippen LogP contribution in [0.25, 0.3) is 0 Å². The smallest absolute Gasteiger partial charge is 0.387 e. The molecule has 0 saturated heterocycles. The number of likely N-dealkylation sites (N-methyl/N-ethyl adjacent to an activating group) is 1. The number of unbranched alkanes of at least 4 members (excludes halogenated alkanes) is 27. The first kappa shape index (κ1) is 75.9. The number of nitrogens with one attached hydrogen (secondary N) is 1. The van der Waals surface area contributed by atoms with Gasteiger partial charge in [0.1, 0.15) is 13.2 Å². The van der Waals surface area contributed by atoms with Crippen LogP contribution in [0.4, 0.5) is 0 Å². The molecule has 79 heavy (non-hydrogen) atoms. The van der Waals surface area contributed by atoms with Crippen LogP contribution in [0.15, 0.2) is 122 Å². The van der Waals surface area contributed by atoms with Crippen molar-refractivity contribution in [2.75, 3.05) is 40.9 Å². The summed E-state index contributed by atoms with van der Waals surface area (Å²) in [6, 6.07) is -0.863. The average molecular weight is 1120 g/mol. The van der Waals surface area contributed by atoms with Crippen LogP contribution in [-0.2, 0) is 18.4 Å². The number of carbonyl (C=O) groups is 1. The van der Waals surface area contributed by atoms with Crippen LogP contribution in [-0.4, -0.2) is 73.4 Å². The number of hydrogen-bond acceptors (Lipinski definition) is 5. The van der Waals surface area contributed by atoms with Crippen molar-refractivity contribution >= 4 is 13.7 Å². The highest BCUT2D eigenvalue weighted by atomic mass is 31.2. The van der Waals surface area contributed by atoms with Crippen molar-refractivity contribution in [3.05, 3.63) is 122 Å². The summed E-state index contributed by atoms with van der Waals surface area (Å²) in [5.41, 5.74) is 0. The minimum atomic E-state index is -4.36. The number of aliphatic hydroxyl groups excluding tert-OH is 1. The number of quaternary nitrogens is 1. The number of allylic oxidation sites excluding steroid dienone is 19. The molecule has 0 heterocycles. The van der Waals surface area contributed by atoms with Crippen molar-refractivity contribution in [1.82, 2.24) is 5.32 Å². The molecule has 0 aromatic heterocycles. The van der Waals surface area contributed by atoms with E-state index in [4.69, 9.17) is 9.05 Å². The Kier molecular flexibility index (Phi) is 57.2. The minimum absolute atomic E-state index is 0.0535. The maximum absolute atomic E-state index is 13.0. The molecule has 0 bridgehead atoms. The van der Waals surface area contributed by atoms with E-state index in [1.165, 1.54) is 135 Å². The second-order valence-corrected chi connectivity index (χ2v) is 24.2. The van der Waals surface area contributed by atoms with Crippen molar-refractivity contribution in [1.29, 1.82) is 0 Å². The molecule has 3 unspecified atom stereocenters. The molecule has 0 radical (unpaired) electrons. The van der Waals surface area contributed by atoms with Crippen molar-refractivity contribution < 1.29 is 32.9 Å². The molecular formula is C70H124N2O6P+. The quantitative estimate of drug-likeness (QED) is 0.0243. The summed E-state index contributed by atoms with van der Waals surface area (Å²) >= 11 is 0. The molecule has 0 aliphatic heterocycles. The lowest BCUT2D eigenvalue weighted by molar-refractivity contribution is -0.870. The number of amides is 1. The zero-order chi connectivity index (χ0) is 57.7. The molecule has 0 spiro atoms. The van der Waals surface area contributed by atoms with E-state index in [-0.39, 0.29) is 19.1 Å². The maximum atomic E-state index is 13.0. The van der Waals surface area contributed by atoms with Gasteiger partial charge in [-0.05, 0) is 89.9 Å². The van der Waals surface area contributed by atoms with Crippen molar-refractivity contribution in [2.24, 2.45) is 0 Å². The summed E-state index contributed by atoms with van der Waals surface area (Å²) in [6.45, 7) is 4.70. The van der Waals surface area contributed by atoms with E-state index in [2.05, 4.69) is 129 Å². The van der Waals surface area contributed by atoms with E-state index in [9.17, 15) is 19.4 Å². The number of rotatable bonds is 58. The Balaban J connectivity index is 4.21. The lowest BCUT2D eigenvalue weighted by Crippen LogP contribution is -2.45. The van der Waals surface area contributed by atoms with Crippen LogP contribution in [0, 0.1) is 0 Å². The Hall–Kier alpha value is -3.10. The molecule has 0 aromatic rings. The Morgan fingerprint density at radius 2 is 0.759 bits per heavy atom. The lowest BCUT2D eigenvalue weighted by Gasteiger charge is -2.25. The SMILES string of the molecule is CC/C=C\C/C=C\C/C=C\C/C=C\C/C=C\C/C=C\C/C=C\C/C=C\C/C=C\CCCCCCCCCC(=O)NC(COP(=O)(O)OCC[N+](C)(C)C)C(O)/C=C/CCCCCCCCCCCCCCCCCCCCCC. The number of phosphoric ester groups is 1. The molecule has 0 rings (SSSR count). The Labute approximate surface area is 488 Å². The van der Waals surface area contributed by atoms with Gasteiger partial charge < -0.3 is 19.8 Å². The molecule has 0 fully saturated rings. The molecular weight excluding hydrogens is 996 g/mol. The van der Waals surface area contributed by atoms with Gasteiger partial charge in [-0.15, -0.1) is 0 Å². The van der Waals surface area contributed by atoms with E-state index in [0.717, 1.165) is 109 Å². The van der Waals surface area contributed by atoms with E-state index < -0.39 is 20.0 Å². The van der Waals surface area contributed by atoms with Gasteiger partial charge in [0.25, 0.3) is 0 Å². The Morgan fingerprint density at radius 1 is 0.443 bits per heavy atom. The summed E-state index contributed by atoms with van der Waals surface area (Å²) < 4.78 is 23.8. The maximum Gasteiger partial charge on any atom is 0.472 e. The van der Waals surface area contributed by atoms with Gasteiger partial charge in [-0.2, -0.15) is 0 Å². The normalized spacial score (nSPS) is 14.6. The topological polar surface area (TPSA) is 105 Å². The van der Waals surface area contributed by atoms with E-state index in [1.807, 2.05) is 27.2 Å². The third-order valence-corrected chi connectivity index (χ3v) is 14.9. The van der Waals surface area contributed by atoms with Crippen LogP contribution in [0.1, 0.15) is 264 Å². The van der Waals surface area contributed by atoms with E-state index in [1.54, 1.807) is 6.08 Å². The predicted octanol–water partition coefficient (Wildman–Crippen LogP) is 20.5. The van der Waals surface area contributed by atoms with Crippen LogP contribution in [0.5, 0.6) is 0 Å². The summed E-state index contributed by atoms with van der Waals surface area (Å²) in [7, 11) is 1.55. The Morgan fingerprint density at radius 3 is 1.11 bits per heavy atom. The highest BCUT2D eigenvalue weighted by Gasteiger charge is 2.27. The highest BCUT2D eigenvalue weighted by molar-refractivity contribution is 7.47. The molecule has 0 aromatic carbocycles. The molecule has 454 valence electrons. The zero-order valence-corrected chi connectivity index (χ0v) is 52.7.